The van der Waals surface area contributed by atoms with Crippen LogP contribution in [-0.4, -0.2) is 87.1 Å². The molecule has 1 aliphatic heterocycles. The molecule has 2 aliphatic carbocycles. The van der Waals surface area contributed by atoms with Gasteiger partial charge in [-0.2, -0.15) is 0 Å². The topological polar surface area (TPSA) is 154 Å². The van der Waals surface area contributed by atoms with Gasteiger partial charge in [-0.05, 0) is 74.7 Å². The number of rotatable bonds is 12. The van der Waals surface area contributed by atoms with Gasteiger partial charge in [0, 0.05) is 11.3 Å². The molecule has 0 radical (unpaired) electrons. The van der Waals surface area contributed by atoms with E-state index < -0.39 is 60.9 Å². The maximum atomic E-state index is 13.9. The Hall–Kier alpha value is -1.46. The first-order valence-corrected chi connectivity index (χ1v) is 15.7. The van der Waals surface area contributed by atoms with Crippen molar-refractivity contribution in [2.75, 3.05) is 6.61 Å². The van der Waals surface area contributed by atoms with Crippen LogP contribution < -0.4 is 0 Å². The zero-order chi connectivity index (χ0) is 31.5. The second-order valence-corrected chi connectivity index (χ2v) is 13.6. The molecule has 0 aromatic heterocycles. The van der Waals surface area contributed by atoms with Crippen molar-refractivity contribution >= 4 is 12.1 Å². The molecule has 240 valence electrons. The van der Waals surface area contributed by atoms with Crippen LogP contribution in [0.2, 0.25) is 0 Å². The predicted molar refractivity (Wildman–Crippen MR) is 158 cm³/mol. The minimum Gasteiger partial charge on any atom is -0.394 e. The van der Waals surface area contributed by atoms with E-state index in [1.807, 2.05) is 40.7 Å². The largest absolute Gasteiger partial charge is 0.394 e. The summed E-state index contributed by atoms with van der Waals surface area (Å²) in [5, 5.41) is 52.6. The van der Waals surface area contributed by atoms with Crippen LogP contribution in [0.25, 0.3) is 0 Å². The molecule has 0 bridgehead atoms. The van der Waals surface area contributed by atoms with Crippen LogP contribution in [0.3, 0.4) is 0 Å². The van der Waals surface area contributed by atoms with Gasteiger partial charge in [0.2, 0.25) is 0 Å². The summed E-state index contributed by atoms with van der Waals surface area (Å²) < 4.78 is 12.1. The summed E-state index contributed by atoms with van der Waals surface area (Å²) in [6.45, 7) is 13.5. The third-order valence-corrected chi connectivity index (χ3v) is 10.5. The lowest BCUT2D eigenvalue weighted by atomic mass is 9.48. The van der Waals surface area contributed by atoms with Crippen molar-refractivity contribution in [3.8, 4) is 0 Å². The number of allylic oxidation sites excluding steroid dienone is 3. The molecule has 5 N–H and O–H groups in total. The van der Waals surface area contributed by atoms with Gasteiger partial charge < -0.3 is 39.8 Å². The number of ketones is 1. The third-order valence-electron chi connectivity index (χ3n) is 10.5. The highest BCUT2D eigenvalue weighted by molar-refractivity contribution is 5.94. The summed E-state index contributed by atoms with van der Waals surface area (Å²) in [4.78, 5) is 25.6. The zero-order valence-corrected chi connectivity index (χ0v) is 26.3. The van der Waals surface area contributed by atoms with E-state index in [0.717, 1.165) is 30.4 Å². The molecule has 14 atom stereocenters. The lowest BCUT2D eigenvalue weighted by Gasteiger charge is -2.55. The fourth-order valence-corrected chi connectivity index (χ4v) is 8.42. The van der Waals surface area contributed by atoms with Crippen molar-refractivity contribution in [2.24, 2.45) is 40.9 Å². The molecular formula is C33H54O9. The minimum atomic E-state index is -1.61. The van der Waals surface area contributed by atoms with Crippen molar-refractivity contribution in [3.63, 3.8) is 0 Å². The van der Waals surface area contributed by atoms with E-state index in [1.54, 1.807) is 0 Å². The number of aldehydes is 1. The van der Waals surface area contributed by atoms with Gasteiger partial charge in [0.05, 0.1) is 25.2 Å². The zero-order valence-electron chi connectivity index (χ0n) is 26.3. The van der Waals surface area contributed by atoms with E-state index in [-0.39, 0.29) is 35.9 Å². The Morgan fingerprint density at radius 3 is 2.45 bits per heavy atom. The van der Waals surface area contributed by atoms with E-state index >= 15 is 0 Å². The van der Waals surface area contributed by atoms with Gasteiger partial charge in [-0.1, -0.05) is 52.3 Å². The highest BCUT2D eigenvalue weighted by Gasteiger charge is 2.56. The van der Waals surface area contributed by atoms with Gasteiger partial charge in [-0.15, -0.1) is 0 Å². The molecule has 2 fully saturated rings. The fraction of sp³-hybridized carbons (Fsp3) is 0.818. The van der Waals surface area contributed by atoms with E-state index in [4.69, 9.17) is 9.47 Å². The number of aliphatic hydroxyl groups excluding tert-OH is 5. The lowest BCUT2D eigenvalue weighted by molar-refractivity contribution is -0.317. The summed E-state index contributed by atoms with van der Waals surface area (Å²) in [5.41, 5.74) is 0.933. The first-order chi connectivity index (χ1) is 19.7. The van der Waals surface area contributed by atoms with Gasteiger partial charge >= 0.3 is 0 Å². The van der Waals surface area contributed by atoms with Crippen LogP contribution in [0, 0.1) is 40.9 Å². The normalized spacial score (nSPS) is 41.3. The first kappa shape index (κ1) is 35.0. The summed E-state index contributed by atoms with van der Waals surface area (Å²) in [5.74, 6) is 0.0925. The summed E-state index contributed by atoms with van der Waals surface area (Å²) in [7, 11) is 0. The highest BCUT2D eigenvalue weighted by atomic mass is 16.7. The molecule has 1 heterocycles. The molecule has 0 aromatic rings. The average Bonchev–Trinajstić information content (AvgIpc) is 2.93. The Morgan fingerprint density at radius 1 is 1.19 bits per heavy atom. The molecule has 1 saturated heterocycles. The van der Waals surface area contributed by atoms with Gasteiger partial charge in [-0.3, -0.25) is 4.79 Å². The SMILES string of the molecule is CC/C=C(\C)[C@H](O)[C@H](C)[C@H](C[C@@H]1C(C)=C[C@@H]2C[C@H](C)C[C@@H](C)[C@@H]2[C@@]1(C)C(=O)CC=O)O[C@@H]1O[C@H](CO)[C@@H](O)[C@H](O)[C@H]1O. The lowest BCUT2D eigenvalue weighted by Crippen LogP contribution is -2.60. The van der Waals surface area contributed by atoms with Gasteiger partial charge in [0.25, 0.3) is 0 Å². The molecule has 0 unspecified atom stereocenters. The molecule has 0 amide bonds. The van der Waals surface area contributed by atoms with Gasteiger partial charge in [0.15, 0.2) is 6.29 Å². The van der Waals surface area contributed by atoms with Crippen molar-refractivity contribution in [3.05, 3.63) is 23.3 Å². The monoisotopic (exact) mass is 594 g/mol. The molecule has 9 heteroatoms. The Bertz CT molecular complexity index is 992. The molecular weight excluding hydrogens is 540 g/mol. The smallest absolute Gasteiger partial charge is 0.186 e. The van der Waals surface area contributed by atoms with E-state index in [9.17, 15) is 35.1 Å². The molecule has 42 heavy (non-hydrogen) atoms. The van der Waals surface area contributed by atoms with E-state index in [2.05, 4.69) is 19.9 Å². The van der Waals surface area contributed by atoms with Crippen molar-refractivity contribution in [1.29, 1.82) is 0 Å². The number of carbonyl (C=O) groups excluding carboxylic acids is 2. The predicted octanol–water partition coefficient (Wildman–Crippen LogP) is 2.95. The Labute approximate surface area is 251 Å². The van der Waals surface area contributed by atoms with Crippen LogP contribution in [0.1, 0.15) is 80.6 Å². The number of Topliss-reactive ketones (excluding diaryl/α,β-unsaturated/α-hetero) is 1. The van der Waals surface area contributed by atoms with E-state index in [1.165, 1.54) is 0 Å². The van der Waals surface area contributed by atoms with E-state index in [0.29, 0.717) is 18.6 Å². The van der Waals surface area contributed by atoms with Crippen LogP contribution in [0.4, 0.5) is 0 Å². The molecule has 3 aliphatic rings. The number of ether oxygens (including phenoxy) is 2. The third kappa shape index (κ3) is 6.93. The Kier molecular flexibility index (Phi) is 12.1. The van der Waals surface area contributed by atoms with Gasteiger partial charge in [0.1, 0.15) is 36.5 Å². The standard InChI is InChI=1S/C33H54O9/c1-8-9-18(3)28(37)21(6)24(41-32-31(40)30(39)29(38)25(16-35)42-32)15-23-19(4)14-22-13-17(2)12-20(5)27(22)33(23,7)26(36)10-11-34/h9,11,14,17,20-25,27-32,35,37-40H,8,10,12-13,15-16H2,1-7H3/b18-9+/t17-,20-,21-,22+,23-,24+,25-,27+,28+,29-,30+,31-,32-,33-/m1/s1. The maximum Gasteiger partial charge on any atom is 0.186 e. The van der Waals surface area contributed by atoms with Crippen LogP contribution >= 0.6 is 0 Å². The molecule has 0 spiro atoms. The van der Waals surface area contributed by atoms with Crippen LogP contribution in [0.15, 0.2) is 23.3 Å². The number of hydrogen-bond acceptors (Lipinski definition) is 9. The first-order valence-electron chi connectivity index (χ1n) is 15.7. The van der Waals surface area contributed by atoms with Crippen molar-refractivity contribution in [1.82, 2.24) is 0 Å². The average molecular weight is 595 g/mol. The van der Waals surface area contributed by atoms with Crippen LogP contribution in [-0.2, 0) is 19.1 Å². The Balaban J connectivity index is 2.07. The highest BCUT2D eigenvalue weighted by Crippen LogP contribution is 2.58. The summed E-state index contributed by atoms with van der Waals surface area (Å²) in [6, 6.07) is 0. The summed E-state index contributed by atoms with van der Waals surface area (Å²) >= 11 is 0. The van der Waals surface area contributed by atoms with Crippen LogP contribution in [0.5, 0.6) is 0 Å². The molecule has 9 nitrogen and oxygen atoms in total. The number of hydrogen-bond donors (Lipinski definition) is 5. The molecule has 3 rings (SSSR count). The molecule has 0 aromatic carbocycles. The second-order valence-electron chi connectivity index (χ2n) is 13.6. The number of aliphatic hydroxyl groups is 5. The second kappa shape index (κ2) is 14.5. The fourth-order valence-electron chi connectivity index (χ4n) is 8.42. The van der Waals surface area contributed by atoms with Crippen molar-refractivity contribution < 1.29 is 44.6 Å². The quantitative estimate of drug-likeness (QED) is 0.130. The number of carbonyl (C=O) groups is 2. The Morgan fingerprint density at radius 2 is 1.86 bits per heavy atom. The number of fused-ring (bicyclic) bond motifs is 1. The van der Waals surface area contributed by atoms with Crippen molar-refractivity contribution in [2.45, 2.75) is 123 Å². The molecule has 1 saturated carbocycles. The maximum absolute atomic E-state index is 13.9. The van der Waals surface area contributed by atoms with Gasteiger partial charge in [-0.25, -0.2) is 0 Å². The minimum absolute atomic E-state index is 0.0321. The summed E-state index contributed by atoms with van der Waals surface area (Å²) in [6.07, 6.45) is -1.20.